The Bertz CT molecular complexity index is 269. The molecule has 1 aliphatic carbocycles. The highest BCUT2D eigenvalue weighted by molar-refractivity contribution is 5.76. The number of amides is 1. The third-order valence-corrected chi connectivity index (χ3v) is 3.64. The van der Waals surface area contributed by atoms with Crippen LogP contribution in [-0.2, 0) is 9.53 Å². The van der Waals surface area contributed by atoms with E-state index in [2.05, 4.69) is 6.92 Å². The Morgan fingerprint density at radius 2 is 2.11 bits per heavy atom. The van der Waals surface area contributed by atoms with Crippen molar-refractivity contribution in [3.63, 3.8) is 0 Å². The van der Waals surface area contributed by atoms with E-state index in [-0.39, 0.29) is 11.4 Å². The monoisotopic (exact) mass is 256 g/mol. The molecule has 18 heavy (non-hydrogen) atoms. The summed E-state index contributed by atoms with van der Waals surface area (Å²) in [6, 6.07) is 0.341. The van der Waals surface area contributed by atoms with Gasteiger partial charge in [-0.1, -0.05) is 0 Å². The second-order valence-corrected chi connectivity index (χ2v) is 6.15. The van der Waals surface area contributed by atoms with Crippen LogP contribution in [0.5, 0.6) is 0 Å². The number of rotatable bonds is 8. The SMILES string of the molecule is COCCN(C(=O)CCC(C)(C)N)C(C)C1CC1. The van der Waals surface area contributed by atoms with Crippen LogP contribution < -0.4 is 5.73 Å². The van der Waals surface area contributed by atoms with E-state index in [1.807, 2.05) is 18.7 Å². The van der Waals surface area contributed by atoms with Gasteiger partial charge in [-0.15, -0.1) is 0 Å². The summed E-state index contributed by atoms with van der Waals surface area (Å²) in [6.45, 7) is 7.37. The van der Waals surface area contributed by atoms with Gasteiger partial charge in [-0.2, -0.15) is 0 Å². The van der Waals surface area contributed by atoms with Crippen molar-refractivity contribution in [2.24, 2.45) is 11.7 Å². The van der Waals surface area contributed by atoms with Gasteiger partial charge in [0.05, 0.1) is 6.61 Å². The zero-order valence-corrected chi connectivity index (χ0v) is 12.2. The molecule has 1 rings (SSSR count). The predicted octanol–water partition coefficient (Wildman–Crippen LogP) is 1.78. The van der Waals surface area contributed by atoms with Gasteiger partial charge in [0.1, 0.15) is 0 Å². The number of nitrogens with zero attached hydrogens (tertiary/aromatic N) is 1. The number of carbonyl (C=O) groups excluding carboxylic acids is 1. The van der Waals surface area contributed by atoms with Crippen LogP contribution in [0.25, 0.3) is 0 Å². The van der Waals surface area contributed by atoms with Crippen LogP contribution in [0.1, 0.15) is 46.5 Å². The molecule has 0 aliphatic heterocycles. The molecule has 0 aromatic carbocycles. The Morgan fingerprint density at radius 1 is 1.50 bits per heavy atom. The molecule has 0 radical (unpaired) electrons. The highest BCUT2D eigenvalue weighted by Gasteiger charge is 2.34. The molecule has 0 bridgehead atoms. The molecule has 106 valence electrons. The van der Waals surface area contributed by atoms with E-state index in [1.54, 1.807) is 7.11 Å². The first kappa shape index (κ1) is 15.4. The van der Waals surface area contributed by atoms with Crippen molar-refractivity contribution in [3.8, 4) is 0 Å². The summed E-state index contributed by atoms with van der Waals surface area (Å²) in [7, 11) is 1.67. The Labute approximate surface area is 111 Å². The van der Waals surface area contributed by atoms with Crippen LogP contribution in [0.3, 0.4) is 0 Å². The number of hydrogen-bond donors (Lipinski definition) is 1. The molecule has 0 saturated heterocycles. The quantitative estimate of drug-likeness (QED) is 0.720. The van der Waals surface area contributed by atoms with Gasteiger partial charge < -0.3 is 15.4 Å². The molecule has 0 heterocycles. The zero-order chi connectivity index (χ0) is 13.8. The summed E-state index contributed by atoms with van der Waals surface area (Å²) in [5, 5.41) is 0. The molecular weight excluding hydrogens is 228 g/mol. The first-order valence-corrected chi connectivity index (χ1v) is 6.92. The van der Waals surface area contributed by atoms with E-state index in [4.69, 9.17) is 10.5 Å². The van der Waals surface area contributed by atoms with Gasteiger partial charge in [-0.3, -0.25) is 4.79 Å². The van der Waals surface area contributed by atoms with Gasteiger partial charge in [0.2, 0.25) is 5.91 Å². The Balaban J connectivity index is 2.49. The first-order chi connectivity index (χ1) is 8.35. The average Bonchev–Trinajstić information content (AvgIpc) is 3.09. The second-order valence-electron chi connectivity index (χ2n) is 6.15. The summed E-state index contributed by atoms with van der Waals surface area (Å²) in [4.78, 5) is 14.3. The van der Waals surface area contributed by atoms with Crippen molar-refractivity contribution in [2.75, 3.05) is 20.3 Å². The standard InChI is InChI=1S/C14H28N2O2/c1-11(12-5-6-12)16(9-10-18-4)13(17)7-8-14(2,3)15/h11-12H,5-10,15H2,1-4H3. The van der Waals surface area contributed by atoms with E-state index in [0.29, 0.717) is 31.5 Å². The van der Waals surface area contributed by atoms with Gasteiger partial charge in [0.15, 0.2) is 0 Å². The fraction of sp³-hybridized carbons (Fsp3) is 0.929. The lowest BCUT2D eigenvalue weighted by Gasteiger charge is -2.30. The lowest BCUT2D eigenvalue weighted by molar-refractivity contribution is -0.134. The van der Waals surface area contributed by atoms with Crippen LogP contribution in [0.2, 0.25) is 0 Å². The van der Waals surface area contributed by atoms with Crippen LogP contribution in [0.15, 0.2) is 0 Å². The van der Waals surface area contributed by atoms with Gasteiger partial charge in [-0.25, -0.2) is 0 Å². The Morgan fingerprint density at radius 3 is 2.56 bits per heavy atom. The van der Waals surface area contributed by atoms with E-state index in [9.17, 15) is 4.79 Å². The molecule has 0 spiro atoms. The maximum absolute atomic E-state index is 12.3. The summed E-state index contributed by atoms with van der Waals surface area (Å²) in [5.74, 6) is 0.904. The fourth-order valence-corrected chi connectivity index (χ4v) is 2.15. The Kier molecular flexibility index (Phi) is 5.60. The normalized spacial score (nSPS) is 17.6. The fourth-order valence-electron chi connectivity index (χ4n) is 2.15. The minimum atomic E-state index is -0.272. The highest BCUT2D eigenvalue weighted by atomic mass is 16.5. The summed E-state index contributed by atoms with van der Waals surface area (Å²) in [6.07, 6.45) is 3.76. The summed E-state index contributed by atoms with van der Waals surface area (Å²) < 4.78 is 5.10. The zero-order valence-electron chi connectivity index (χ0n) is 12.2. The predicted molar refractivity (Wildman–Crippen MR) is 73.3 cm³/mol. The van der Waals surface area contributed by atoms with Crippen LogP contribution in [0.4, 0.5) is 0 Å². The number of carbonyl (C=O) groups is 1. The second kappa shape index (κ2) is 6.53. The molecule has 1 aliphatic rings. The van der Waals surface area contributed by atoms with Crippen LogP contribution >= 0.6 is 0 Å². The van der Waals surface area contributed by atoms with E-state index in [1.165, 1.54) is 12.8 Å². The molecular formula is C14H28N2O2. The highest BCUT2D eigenvalue weighted by Crippen LogP contribution is 2.35. The molecule has 4 nitrogen and oxygen atoms in total. The molecule has 1 amide bonds. The molecule has 0 aromatic heterocycles. The third-order valence-electron chi connectivity index (χ3n) is 3.64. The molecule has 1 unspecified atom stereocenters. The number of nitrogens with two attached hydrogens (primary N) is 1. The number of ether oxygens (including phenoxy) is 1. The maximum Gasteiger partial charge on any atom is 0.222 e. The van der Waals surface area contributed by atoms with Crippen molar-refractivity contribution in [2.45, 2.75) is 58.0 Å². The smallest absolute Gasteiger partial charge is 0.222 e. The molecule has 4 heteroatoms. The largest absolute Gasteiger partial charge is 0.383 e. The van der Waals surface area contributed by atoms with Crippen molar-refractivity contribution in [1.29, 1.82) is 0 Å². The minimum Gasteiger partial charge on any atom is -0.383 e. The van der Waals surface area contributed by atoms with Crippen molar-refractivity contribution in [3.05, 3.63) is 0 Å². The van der Waals surface area contributed by atoms with Crippen LogP contribution in [0, 0.1) is 5.92 Å². The topological polar surface area (TPSA) is 55.6 Å². The average molecular weight is 256 g/mol. The van der Waals surface area contributed by atoms with Crippen molar-refractivity contribution >= 4 is 5.91 Å². The lowest BCUT2D eigenvalue weighted by atomic mass is 9.99. The van der Waals surface area contributed by atoms with Crippen molar-refractivity contribution < 1.29 is 9.53 Å². The van der Waals surface area contributed by atoms with Gasteiger partial charge in [0.25, 0.3) is 0 Å². The number of hydrogen-bond acceptors (Lipinski definition) is 3. The van der Waals surface area contributed by atoms with Gasteiger partial charge in [-0.05, 0) is 46.0 Å². The van der Waals surface area contributed by atoms with E-state index < -0.39 is 0 Å². The molecule has 1 fully saturated rings. The lowest BCUT2D eigenvalue weighted by Crippen LogP contribution is -2.43. The van der Waals surface area contributed by atoms with Crippen LogP contribution in [-0.4, -0.2) is 42.6 Å². The van der Waals surface area contributed by atoms with Gasteiger partial charge in [0, 0.05) is 31.7 Å². The molecule has 1 atom stereocenters. The molecule has 2 N–H and O–H groups in total. The third kappa shape index (κ3) is 5.36. The van der Waals surface area contributed by atoms with Gasteiger partial charge >= 0.3 is 0 Å². The molecule has 0 aromatic rings. The van der Waals surface area contributed by atoms with E-state index in [0.717, 1.165) is 6.42 Å². The first-order valence-electron chi connectivity index (χ1n) is 6.92. The number of methoxy groups -OCH3 is 1. The Hall–Kier alpha value is -0.610. The summed E-state index contributed by atoms with van der Waals surface area (Å²) in [5.41, 5.74) is 5.66. The maximum atomic E-state index is 12.3. The minimum absolute atomic E-state index is 0.213. The summed E-state index contributed by atoms with van der Waals surface area (Å²) >= 11 is 0. The van der Waals surface area contributed by atoms with Crippen molar-refractivity contribution in [1.82, 2.24) is 4.90 Å². The molecule has 1 saturated carbocycles. The van der Waals surface area contributed by atoms with E-state index >= 15 is 0 Å².